The number of amides is 1. The number of nitrogens with zero attached hydrogens (tertiary/aromatic N) is 3. The Bertz CT molecular complexity index is 1180. The lowest BCUT2D eigenvalue weighted by molar-refractivity contribution is 0.102. The number of carbonyl (C=O) groups is 1. The van der Waals surface area contributed by atoms with Gasteiger partial charge in [0.15, 0.2) is 0 Å². The third-order valence-electron chi connectivity index (χ3n) is 5.88. The van der Waals surface area contributed by atoms with Crippen molar-refractivity contribution in [2.75, 3.05) is 43.5 Å². The van der Waals surface area contributed by atoms with E-state index >= 15 is 0 Å². The van der Waals surface area contributed by atoms with E-state index in [9.17, 15) is 4.79 Å². The molecule has 0 spiro atoms. The first-order chi connectivity index (χ1) is 15.7. The molecule has 7 nitrogen and oxygen atoms in total. The summed E-state index contributed by atoms with van der Waals surface area (Å²) < 4.78 is 5.33. The number of piperazine rings is 1. The maximum Gasteiger partial charge on any atom is 0.274 e. The number of ether oxygens (including phenoxy) is 1. The van der Waals surface area contributed by atoms with Crippen molar-refractivity contribution in [3.63, 3.8) is 0 Å². The zero-order valence-electron chi connectivity index (χ0n) is 18.0. The van der Waals surface area contributed by atoms with Gasteiger partial charge in [-0.05, 0) is 53.1 Å². The molecule has 0 atom stereocenters. The first kappa shape index (κ1) is 20.2. The molecule has 1 aliphatic carbocycles. The Balaban J connectivity index is 1.36. The average Bonchev–Trinajstić information content (AvgIpc) is 3.28. The maximum atomic E-state index is 13.0. The van der Waals surface area contributed by atoms with Crippen molar-refractivity contribution < 1.29 is 9.53 Å². The van der Waals surface area contributed by atoms with Crippen LogP contribution >= 0.6 is 0 Å². The molecule has 2 N–H and O–H groups in total. The van der Waals surface area contributed by atoms with E-state index in [1.807, 2.05) is 30.3 Å². The molecule has 32 heavy (non-hydrogen) atoms. The average molecular weight is 428 g/mol. The minimum atomic E-state index is -0.242. The fourth-order valence-corrected chi connectivity index (χ4v) is 4.20. The Kier molecular flexibility index (Phi) is 5.56. The summed E-state index contributed by atoms with van der Waals surface area (Å²) in [6, 6.07) is 13.6. The molecule has 3 heterocycles. The van der Waals surface area contributed by atoms with Gasteiger partial charge < -0.3 is 20.3 Å². The minimum Gasteiger partial charge on any atom is -0.497 e. The Morgan fingerprint density at radius 1 is 1.16 bits per heavy atom. The predicted molar refractivity (Wildman–Crippen MR) is 126 cm³/mol. The number of hydrogen-bond acceptors (Lipinski definition) is 6. The molecule has 7 heteroatoms. The van der Waals surface area contributed by atoms with Gasteiger partial charge in [0.25, 0.3) is 5.91 Å². The van der Waals surface area contributed by atoms with Crippen molar-refractivity contribution >= 4 is 28.9 Å². The summed E-state index contributed by atoms with van der Waals surface area (Å²) >= 11 is 0. The van der Waals surface area contributed by atoms with Crippen LogP contribution in [0.15, 0.2) is 54.9 Å². The second kappa shape index (κ2) is 8.80. The molecule has 0 radical (unpaired) electrons. The molecule has 0 unspecified atom stereocenters. The van der Waals surface area contributed by atoms with Crippen LogP contribution in [0.2, 0.25) is 0 Å². The molecule has 5 rings (SSSR count). The van der Waals surface area contributed by atoms with Crippen LogP contribution in [-0.4, -0.2) is 49.2 Å². The van der Waals surface area contributed by atoms with Crippen LogP contribution in [0.5, 0.6) is 5.75 Å². The number of rotatable bonds is 5. The zero-order chi connectivity index (χ0) is 21.9. The molecule has 0 bridgehead atoms. The Hall–Kier alpha value is -3.71. The van der Waals surface area contributed by atoms with E-state index in [0.717, 1.165) is 60.9 Å². The van der Waals surface area contributed by atoms with Gasteiger partial charge in [-0.15, -0.1) is 0 Å². The molecule has 162 valence electrons. The van der Waals surface area contributed by atoms with Crippen LogP contribution < -0.4 is 20.3 Å². The highest BCUT2D eigenvalue weighted by Crippen LogP contribution is 2.33. The number of aromatic nitrogens is 2. The lowest BCUT2D eigenvalue weighted by Gasteiger charge is -2.30. The highest BCUT2D eigenvalue weighted by atomic mass is 16.5. The molecule has 1 aliphatic heterocycles. The molecule has 2 aliphatic rings. The van der Waals surface area contributed by atoms with Crippen LogP contribution in [0.3, 0.4) is 0 Å². The molecule has 1 fully saturated rings. The van der Waals surface area contributed by atoms with Gasteiger partial charge in [0.2, 0.25) is 0 Å². The summed E-state index contributed by atoms with van der Waals surface area (Å²) in [7, 11) is 1.67. The largest absolute Gasteiger partial charge is 0.497 e. The lowest BCUT2D eigenvalue weighted by atomic mass is 10.1. The number of nitrogens with one attached hydrogen (secondary N) is 2. The van der Waals surface area contributed by atoms with Gasteiger partial charge in [-0.1, -0.05) is 12.1 Å². The van der Waals surface area contributed by atoms with Gasteiger partial charge in [-0.2, -0.15) is 0 Å². The normalized spacial score (nSPS) is 15.2. The van der Waals surface area contributed by atoms with Crippen LogP contribution in [-0.2, 0) is 6.42 Å². The second-order valence-corrected chi connectivity index (χ2v) is 7.90. The highest BCUT2D eigenvalue weighted by molar-refractivity contribution is 6.05. The third kappa shape index (κ3) is 4.07. The van der Waals surface area contributed by atoms with Gasteiger partial charge in [-0.3, -0.25) is 9.78 Å². The van der Waals surface area contributed by atoms with Gasteiger partial charge in [0, 0.05) is 38.8 Å². The number of pyridine rings is 2. The molecule has 1 amide bonds. The Morgan fingerprint density at radius 2 is 2.03 bits per heavy atom. The molecule has 1 saturated heterocycles. The van der Waals surface area contributed by atoms with Crippen molar-refractivity contribution in [2.24, 2.45) is 0 Å². The molecule has 3 aromatic rings. The van der Waals surface area contributed by atoms with Crippen LogP contribution in [0.25, 0.3) is 11.6 Å². The standard InChI is InChI=1S/C25H25N5O2/c1-32-20-6-5-17-13-19(14-18(17)15-20)21-3-2-4-22(28-21)25(31)29-23-16-27-8-7-24(23)30-11-9-26-10-12-30/h2-8,14-16,26H,9-13H2,1H3,(H,29,31). The van der Waals surface area contributed by atoms with Crippen molar-refractivity contribution in [3.05, 3.63) is 77.4 Å². The SMILES string of the molecule is COc1ccc2c(c1)C=C(c1cccc(C(=O)Nc3cnccc3N3CCNCC3)n1)C2. The van der Waals surface area contributed by atoms with Crippen LogP contribution in [0, 0.1) is 0 Å². The summed E-state index contributed by atoms with van der Waals surface area (Å²) in [4.78, 5) is 24.2. The van der Waals surface area contributed by atoms with E-state index in [-0.39, 0.29) is 5.91 Å². The molecular weight excluding hydrogens is 402 g/mol. The number of hydrogen-bond donors (Lipinski definition) is 2. The topological polar surface area (TPSA) is 79.4 Å². The highest BCUT2D eigenvalue weighted by Gasteiger charge is 2.19. The first-order valence-corrected chi connectivity index (χ1v) is 10.8. The number of benzene rings is 1. The number of fused-ring (bicyclic) bond motifs is 1. The predicted octanol–water partition coefficient (Wildman–Crippen LogP) is 3.24. The summed E-state index contributed by atoms with van der Waals surface area (Å²) in [5.41, 5.74) is 6.32. The molecule has 2 aromatic heterocycles. The van der Waals surface area contributed by atoms with E-state index in [1.54, 1.807) is 25.6 Å². The van der Waals surface area contributed by atoms with E-state index in [4.69, 9.17) is 4.74 Å². The fraction of sp³-hybridized carbons (Fsp3) is 0.240. The number of carbonyl (C=O) groups excluding carboxylic acids is 1. The van der Waals surface area contributed by atoms with E-state index < -0.39 is 0 Å². The van der Waals surface area contributed by atoms with Crippen molar-refractivity contribution in [2.45, 2.75) is 6.42 Å². The minimum absolute atomic E-state index is 0.242. The van der Waals surface area contributed by atoms with Crippen molar-refractivity contribution in [3.8, 4) is 5.75 Å². The Labute approximate surface area is 187 Å². The van der Waals surface area contributed by atoms with E-state index in [2.05, 4.69) is 37.6 Å². The van der Waals surface area contributed by atoms with E-state index in [0.29, 0.717) is 11.4 Å². The maximum absolute atomic E-state index is 13.0. The molecular formula is C25H25N5O2. The summed E-state index contributed by atoms with van der Waals surface area (Å²) in [5.74, 6) is 0.591. The number of anilines is 2. The Morgan fingerprint density at radius 3 is 2.88 bits per heavy atom. The number of allylic oxidation sites excluding steroid dienone is 1. The molecule has 0 saturated carbocycles. The van der Waals surface area contributed by atoms with Crippen molar-refractivity contribution in [1.29, 1.82) is 0 Å². The zero-order valence-corrected chi connectivity index (χ0v) is 18.0. The fourth-order valence-electron chi connectivity index (χ4n) is 4.20. The number of methoxy groups -OCH3 is 1. The van der Waals surface area contributed by atoms with Gasteiger partial charge in [0.05, 0.1) is 30.4 Å². The van der Waals surface area contributed by atoms with Gasteiger partial charge in [0.1, 0.15) is 11.4 Å². The quantitative estimate of drug-likeness (QED) is 0.651. The van der Waals surface area contributed by atoms with Crippen molar-refractivity contribution in [1.82, 2.24) is 15.3 Å². The summed E-state index contributed by atoms with van der Waals surface area (Å²) in [5, 5.41) is 6.36. The monoisotopic (exact) mass is 427 g/mol. The van der Waals surface area contributed by atoms with Gasteiger partial charge >= 0.3 is 0 Å². The lowest BCUT2D eigenvalue weighted by Crippen LogP contribution is -2.43. The van der Waals surface area contributed by atoms with E-state index in [1.165, 1.54) is 5.56 Å². The molecule has 1 aromatic carbocycles. The smallest absolute Gasteiger partial charge is 0.274 e. The van der Waals surface area contributed by atoms with Crippen LogP contribution in [0.1, 0.15) is 27.3 Å². The van der Waals surface area contributed by atoms with Gasteiger partial charge in [-0.25, -0.2) is 4.98 Å². The van der Waals surface area contributed by atoms with Crippen LogP contribution in [0.4, 0.5) is 11.4 Å². The summed E-state index contributed by atoms with van der Waals surface area (Å²) in [6.45, 7) is 3.62. The summed E-state index contributed by atoms with van der Waals surface area (Å²) in [6.07, 6.45) is 6.35. The second-order valence-electron chi connectivity index (χ2n) is 7.90. The third-order valence-corrected chi connectivity index (χ3v) is 5.88. The first-order valence-electron chi connectivity index (χ1n) is 10.8.